The first-order chi connectivity index (χ1) is 4.55. The Balaban J connectivity index is 0. The van der Waals surface area contributed by atoms with Gasteiger partial charge in [-0.25, -0.2) is 0 Å². The summed E-state index contributed by atoms with van der Waals surface area (Å²) in [4.78, 5) is 0. The maximum atomic E-state index is 2.40. The van der Waals surface area contributed by atoms with E-state index in [0.717, 1.165) is 29.6 Å². The van der Waals surface area contributed by atoms with Crippen molar-refractivity contribution >= 4 is 0 Å². The summed E-state index contributed by atoms with van der Waals surface area (Å²) in [7, 11) is 0. The maximum absolute atomic E-state index is 2.40. The molecule has 0 aliphatic heterocycles. The van der Waals surface area contributed by atoms with E-state index in [-0.39, 0.29) is 27.5 Å². The average molecular weight is 352 g/mol. The molecule has 0 N–H and O–H groups in total. The summed E-state index contributed by atoms with van der Waals surface area (Å²) in [6, 6.07) is 0. The third-order valence-corrected chi connectivity index (χ3v) is 4.15. The molecule has 12 heavy (non-hydrogen) atoms. The van der Waals surface area contributed by atoms with Crippen LogP contribution in [0.25, 0.3) is 0 Å². The summed E-state index contributed by atoms with van der Waals surface area (Å²) in [5, 5.41) is 0. The van der Waals surface area contributed by atoms with Crippen molar-refractivity contribution in [2.45, 2.75) is 34.6 Å². The zero-order chi connectivity index (χ0) is 7.89. The van der Waals surface area contributed by atoms with E-state index in [9.17, 15) is 0 Å². The van der Waals surface area contributed by atoms with Crippen molar-refractivity contribution in [1.82, 2.24) is 0 Å². The van der Waals surface area contributed by atoms with Crippen molar-refractivity contribution in [3.63, 3.8) is 0 Å². The van der Waals surface area contributed by atoms with Gasteiger partial charge in [0.05, 0.1) is 0 Å². The molecule has 0 aromatic carbocycles. The van der Waals surface area contributed by atoms with Crippen molar-refractivity contribution in [2.75, 3.05) is 0 Å². The molecule has 0 heterocycles. The Morgan fingerprint density at radius 2 is 0.583 bits per heavy atom. The molecule has 1 aliphatic rings. The SMILES string of the molecule is CC1C(C)C(C)C(C)C1C.[CH3-].[IrH4]. The number of rotatable bonds is 0. The molecule has 0 nitrogen and oxygen atoms in total. The van der Waals surface area contributed by atoms with Gasteiger partial charge in [-0.1, -0.05) is 34.6 Å². The molecule has 1 heteroatoms. The van der Waals surface area contributed by atoms with Gasteiger partial charge in [-0.2, -0.15) is 0 Å². The summed E-state index contributed by atoms with van der Waals surface area (Å²) in [6.07, 6.45) is 0. The second kappa shape index (κ2) is 5.39. The van der Waals surface area contributed by atoms with Crippen LogP contribution in [0.4, 0.5) is 0 Å². The van der Waals surface area contributed by atoms with Crippen molar-refractivity contribution in [3.05, 3.63) is 7.43 Å². The van der Waals surface area contributed by atoms with Gasteiger partial charge in [0.25, 0.3) is 0 Å². The van der Waals surface area contributed by atoms with E-state index in [1.807, 2.05) is 0 Å². The molecule has 0 spiro atoms. The summed E-state index contributed by atoms with van der Waals surface area (Å²) in [5.41, 5.74) is 0. The fourth-order valence-corrected chi connectivity index (χ4v) is 2.39. The Morgan fingerprint density at radius 3 is 0.667 bits per heavy atom. The normalized spacial score (nSPS) is 46.2. The monoisotopic (exact) mass is 352 g/mol. The van der Waals surface area contributed by atoms with Crippen LogP contribution < -0.4 is 0 Å². The molecular weight excluding hydrogens is 324 g/mol. The molecule has 0 saturated heterocycles. The van der Waals surface area contributed by atoms with Crippen LogP contribution in [0.1, 0.15) is 34.6 Å². The van der Waals surface area contributed by atoms with Crippen molar-refractivity contribution < 1.29 is 20.1 Å². The van der Waals surface area contributed by atoms with Crippen molar-refractivity contribution in [2.24, 2.45) is 29.6 Å². The molecule has 0 unspecified atom stereocenters. The zero-order valence-corrected chi connectivity index (χ0v) is 12.5. The molecule has 1 fully saturated rings. The van der Waals surface area contributed by atoms with Gasteiger partial charge in [0.2, 0.25) is 0 Å². The van der Waals surface area contributed by atoms with Gasteiger partial charge in [-0.15, -0.1) is 0 Å². The molecule has 0 bridgehead atoms. The fourth-order valence-electron chi connectivity index (χ4n) is 2.39. The molecule has 0 aromatic heterocycles. The summed E-state index contributed by atoms with van der Waals surface area (Å²) in [5.74, 6) is 4.68. The first-order valence-corrected chi connectivity index (χ1v) is 4.55. The molecule has 0 atom stereocenters. The molecular formula is C11H27Ir-. The molecule has 1 radical (unpaired) electrons. The van der Waals surface area contributed by atoms with Crippen LogP contribution in [0.15, 0.2) is 0 Å². The van der Waals surface area contributed by atoms with E-state index in [0.29, 0.717) is 0 Å². The number of hydrogen-bond acceptors (Lipinski definition) is 0. The average Bonchev–Trinajstić information content (AvgIpc) is 2.07. The van der Waals surface area contributed by atoms with Gasteiger partial charge < -0.3 is 7.43 Å². The van der Waals surface area contributed by atoms with E-state index in [1.165, 1.54) is 0 Å². The van der Waals surface area contributed by atoms with Gasteiger partial charge in [-0.3, -0.25) is 0 Å². The summed E-state index contributed by atoms with van der Waals surface area (Å²) >= 11 is 0. The topological polar surface area (TPSA) is 0 Å². The van der Waals surface area contributed by atoms with E-state index >= 15 is 0 Å². The Hall–Kier alpha value is 0.649. The predicted molar refractivity (Wildman–Crippen MR) is 57.8 cm³/mol. The van der Waals surface area contributed by atoms with E-state index < -0.39 is 0 Å². The van der Waals surface area contributed by atoms with Crippen molar-refractivity contribution in [3.8, 4) is 0 Å². The van der Waals surface area contributed by atoms with Crippen LogP contribution in [0.5, 0.6) is 0 Å². The van der Waals surface area contributed by atoms with Crippen LogP contribution in [0, 0.1) is 37.0 Å². The Bertz CT molecular complexity index is 77.3. The Kier molecular flexibility index (Phi) is 6.80. The van der Waals surface area contributed by atoms with Crippen LogP contribution >= 0.6 is 0 Å². The van der Waals surface area contributed by atoms with Gasteiger partial charge in [0, 0.05) is 0 Å². The van der Waals surface area contributed by atoms with Crippen molar-refractivity contribution in [1.29, 1.82) is 0 Å². The van der Waals surface area contributed by atoms with Crippen LogP contribution in [0.2, 0.25) is 0 Å². The standard InChI is InChI=1S/C10H20.CH3.Ir.4H/c1-6-7(2)9(4)10(5)8(6)3;;;;;;/h6-10H,1-5H3;1H3;;;;;/q;-1;;;;;. The van der Waals surface area contributed by atoms with Crippen LogP contribution in [-0.2, 0) is 20.1 Å². The molecule has 1 aliphatic carbocycles. The van der Waals surface area contributed by atoms with Crippen LogP contribution in [0.3, 0.4) is 0 Å². The van der Waals surface area contributed by atoms with E-state index in [2.05, 4.69) is 34.6 Å². The molecule has 0 aromatic rings. The van der Waals surface area contributed by atoms with Gasteiger partial charge in [0.1, 0.15) is 0 Å². The first kappa shape index (κ1) is 15.1. The van der Waals surface area contributed by atoms with Gasteiger partial charge >= 0.3 is 20.1 Å². The third kappa shape index (κ3) is 2.33. The molecule has 0 amide bonds. The van der Waals surface area contributed by atoms with Gasteiger partial charge in [-0.05, 0) is 29.6 Å². The summed E-state index contributed by atoms with van der Waals surface area (Å²) < 4.78 is 0. The zero-order valence-electron chi connectivity index (χ0n) is 9.33. The van der Waals surface area contributed by atoms with Crippen LogP contribution in [-0.4, -0.2) is 0 Å². The van der Waals surface area contributed by atoms with E-state index in [1.54, 1.807) is 0 Å². The minimum atomic E-state index is 0. The fraction of sp³-hybridized carbons (Fsp3) is 0.909. The molecule has 1 rings (SSSR count). The second-order valence-corrected chi connectivity index (χ2v) is 4.30. The number of hydrogen-bond donors (Lipinski definition) is 0. The van der Waals surface area contributed by atoms with Gasteiger partial charge in [0.15, 0.2) is 0 Å². The Labute approximate surface area is 91.9 Å². The second-order valence-electron chi connectivity index (χ2n) is 4.30. The quantitative estimate of drug-likeness (QED) is 0.589. The summed E-state index contributed by atoms with van der Waals surface area (Å²) in [6.45, 7) is 12.0. The molecule has 1 saturated carbocycles. The van der Waals surface area contributed by atoms with E-state index in [4.69, 9.17) is 0 Å². The third-order valence-electron chi connectivity index (χ3n) is 4.15. The first-order valence-electron chi connectivity index (χ1n) is 4.55. The Morgan fingerprint density at radius 1 is 0.500 bits per heavy atom. The predicted octanol–water partition coefficient (Wildman–Crippen LogP) is 2.56. The molecule has 81 valence electrons. The minimum absolute atomic E-state index is 0.